The highest BCUT2D eigenvalue weighted by molar-refractivity contribution is 5.96. The van der Waals surface area contributed by atoms with Gasteiger partial charge >= 0.3 is 5.97 Å². The number of esters is 1. The van der Waals surface area contributed by atoms with Crippen LogP contribution in [-0.2, 0) is 22.5 Å². The molecule has 0 spiro atoms. The van der Waals surface area contributed by atoms with Crippen LogP contribution in [0.1, 0.15) is 28.5 Å². The van der Waals surface area contributed by atoms with Gasteiger partial charge < -0.3 is 14.8 Å². The number of rotatable bonds is 7. The van der Waals surface area contributed by atoms with E-state index in [2.05, 4.69) is 10.3 Å². The highest BCUT2D eigenvalue weighted by Crippen LogP contribution is 2.12. The fourth-order valence-electron chi connectivity index (χ4n) is 2.16. The van der Waals surface area contributed by atoms with E-state index in [1.807, 2.05) is 24.3 Å². The molecule has 0 aliphatic heterocycles. The quantitative estimate of drug-likeness (QED) is 0.788. The van der Waals surface area contributed by atoms with Crippen molar-refractivity contribution in [2.24, 2.45) is 0 Å². The number of carbonyl (C=O) groups is 2. The van der Waals surface area contributed by atoms with Gasteiger partial charge in [-0.15, -0.1) is 0 Å². The van der Waals surface area contributed by atoms with Crippen molar-refractivity contribution in [3.8, 4) is 5.75 Å². The van der Waals surface area contributed by atoms with E-state index >= 15 is 0 Å². The van der Waals surface area contributed by atoms with Gasteiger partial charge in [0.05, 0.1) is 31.4 Å². The van der Waals surface area contributed by atoms with Crippen molar-refractivity contribution in [2.75, 3.05) is 13.7 Å². The second kappa shape index (κ2) is 8.67. The molecule has 24 heavy (non-hydrogen) atoms. The summed E-state index contributed by atoms with van der Waals surface area (Å²) < 4.78 is 10.0. The van der Waals surface area contributed by atoms with E-state index in [1.165, 1.54) is 0 Å². The molecule has 0 fully saturated rings. The van der Waals surface area contributed by atoms with Gasteiger partial charge in [-0.1, -0.05) is 12.1 Å². The minimum atomic E-state index is -0.402. The number of hydrogen-bond donors (Lipinski definition) is 1. The van der Waals surface area contributed by atoms with Gasteiger partial charge in [-0.2, -0.15) is 0 Å². The molecule has 1 heterocycles. The van der Waals surface area contributed by atoms with Crippen LogP contribution in [0.4, 0.5) is 0 Å². The number of methoxy groups -OCH3 is 1. The predicted molar refractivity (Wildman–Crippen MR) is 88.7 cm³/mol. The molecule has 1 aromatic carbocycles. The molecular weight excluding hydrogens is 308 g/mol. The number of benzene rings is 1. The number of nitrogens with zero attached hydrogens (tertiary/aromatic N) is 1. The first-order valence-corrected chi connectivity index (χ1v) is 7.64. The maximum absolute atomic E-state index is 12.4. The summed E-state index contributed by atoms with van der Waals surface area (Å²) in [5, 5.41) is 2.83. The van der Waals surface area contributed by atoms with Crippen LogP contribution in [0, 0.1) is 0 Å². The molecule has 0 radical (unpaired) electrons. The molecule has 6 heteroatoms. The molecule has 0 aliphatic carbocycles. The molecule has 126 valence electrons. The van der Waals surface area contributed by atoms with E-state index in [0.717, 1.165) is 11.3 Å². The van der Waals surface area contributed by atoms with Crippen LogP contribution < -0.4 is 10.1 Å². The van der Waals surface area contributed by atoms with E-state index in [4.69, 9.17) is 9.47 Å². The second-order valence-electron chi connectivity index (χ2n) is 5.01. The average molecular weight is 328 g/mol. The van der Waals surface area contributed by atoms with Gasteiger partial charge in [-0.3, -0.25) is 14.6 Å². The van der Waals surface area contributed by atoms with Crippen LogP contribution in [-0.4, -0.2) is 30.6 Å². The Balaban J connectivity index is 2.02. The van der Waals surface area contributed by atoms with Gasteiger partial charge in [0.15, 0.2) is 0 Å². The fourth-order valence-corrected chi connectivity index (χ4v) is 2.16. The predicted octanol–water partition coefficient (Wildman–Crippen LogP) is 2.13. The number of aromatic nitrogens is 1. The summed E-state index contributed by atoms with van der Waals surface area (Å²) in [5.41, 5.74) is 1.72. The Hall–Kier alpha value is -2.89. The molecule has 1 amide bonds. The summed E-state index contributed by atoms with van der Waals surface area (Å²) >= 11 is 0. The maximum Gasteiger partial charge on any atom is 0.311 e. The Bertz CT molecular complexity index is 698. The van der Waals surface area contributed by atoms with Crippen molar-refractivity contribution < 1.29 is 19.1 Å². The minimum absolute atomic E-state index is 0.0278. The lowest BCUT2D eigenvalue weighted by molar-refractivity contribution is -0.142. The maximum atomic E-state index is 12.4. The molecule has 0 saturated carbocycles. The number of nitrogens with one attached hydrogen (secondary N) is 1. The van der Waals surface area contributed by atoms with Crippen molar-refractivity contribution in [1.29, 1.82) is 0 Å². The third-order valence-electron chi connectivity index (χ3n) is 3.36. The first-order valence-electron chi connectivity index (χ1n) is 7.64. The summed E-state index contributed by atoms with van der Waals surface area (Å²) in [6.45, 7) is 2.40. The summed E-state index contributed by atoms with van der Waals surface area (Å²) in [5.74, 6) is 0.0766. The summed E-state index contributed by atoms with van der Waals surface area (Å²) in [7, 11) is 1.60. The molecule has 1 N–H and O–H groups in total. The summed E-state index contributed by atoms with van der Waals surface area (Å²) in [6, 6.07) is 10.7. The van der Waals surface area contributed by atoms with Gasteiger partial charge in [0.1, 0.15) is 5.75 Å². The van der Waals surface area contributed by atoms with Crippen LogP contribution in [0.2, 0.25) is 0 Å². The minimum Gasteiger partial charge on any atom is -0.497 e. The normalized spacial score (nSPS) is 10.1. The van der Waals surface area contributed by atoms with Crippen molar-refractivity contribution in [1.82, 2.24) is 10.3 Å². The summed E-state index contributed by atoms with van der Waals surface area (Å²) in [6.07, 6.45) is 1.52. The Morgan fingerprint density at radius 3 is 2.58 bits per heavy atom. The fraction of sp³-hybridized carbons (Fsp3) is 0.278. The van der Waals surface area contributed by atoms with Crippen molar-refractivity contribution in [3.63, 3.8) is 0 Å². The van der Waals surface area contributed by atoms with Crippen LogP contribution in [0.15, 0.2) is 42.6 Å². The Kier molecular flexibility index (Phi) is 6.31. The average Bonchev–Trinajstić information content (AvgIpc) is 2.60. The first kappa shape index (κ1) is 17.5. The van der Waals surface area contributed by atoms with E-state index < -0.39 is 5.97 Å². The van der Waals surface area contributed by atoms with Crippen LogP contribution in [0.3, 0.4) is 0 Å². The monoisotopic (exact) mass is 328 g/mol. The van der Waals surface area contributed by atoms with Crippen molar-refractivity contribution in [3.05, 3.63) is 59.4 Å². The van der Waals surface area contributed by atoms with Gasteiger partial charge in [0.25, 0.3) is 5.91 Å². The second-order valence-corrected chi connectivity index (χ2v) is 5.01. The molecule has 0 saturated heterocycles. The number of carbonyl (C=O) groups excluding carboxylic acids is 2. The smallest absolute Gasteiger partial charge is 0.311 e. The molecule has 0 bridgehead atoms. The third kappa shape index (κ3) is 4.81. The van der Waals surface area contributed by atoms with Gasteiger partial charge in [0.2, 0.25) is 0 Å². The van der Waals surface area contributed by atoms with E-state index in [0.29, 0.717) is 24.4 Å². The Morgan fingerprint density at radius 1 is 1.17 bits per heavy atom. The molecule has 0 unspecified atom stereocenters. The zero-order valence-corrected chi connectivity index (χ0v) is 13.7. The number of pyridine rings is 1. The molecule has 0 aliphatic rings. The standard InChI is InChI=1S/C18H20N2O4/c1-3-24-17(21)11-16-15(5-4-10-19-16)18(22)20-12-13-6-8-14(23-2)9-7-13/h4-10H,3,11-12H2,1-2H3,(H,20,22). The van der Waals surface area contributed by atoms with E-state index in [-0.39, 0.29) is 12.3 Å². The largest absolute Gasteiger partial charge is 0.497 e. The van der Waals surface area contributed by atoms with E-state index in [9.17, 15) is 9.59 Å². The first-order chi connectivity index (χ1) is 11.6. The number of amides is 1. The lowest BCUT2D eigenvalue weighted by Crippen LogP contribution is -2.25. The lowest BCUT2D eigenvalue weighted by atomic mass is 10.1. The lowest BCUT2D eigenvalue weighted by Gasteiger charge is -2.09. The van der Waals surface area contributed by atoms with Gasteiger partial charge in [-0.25, -0.2) is 0 Å². The topological polar surface area (TPSA) is 77.5 Å². The molecule has 1 aromatic heterocycles. The SMILES string of the molecule is CCOC(=O)Cc1ncccc1C(=O)NCc1ccc(OC)cc1. The van der Waals surface area contributed by atoms with Gasteiger partial charge in [0, 0.05) is 12.7 Å². The van der Waals surface area contributed by atoms with Crippen molar-refractivity contribution in [2.45, 2.75) is 19.9 Å². The molecule has 2 aromatic rings. The highest BCUT2D eigenvalue weighted by Gasteiger charge is 2.15. The Morgan fingerprint density at radius 2 is 1.92 bits per heavy atom. The number of hydrogen-bond acceptors (Lipinski definition) is 5. The summed E-state index contributed by atoms with van der Waals surface area (Å²) in [4.78, 5) is 28.1. The van der Waals surface area contributed by atoms with Gasteiger partial charge in [-0.05, 0) is 36.8 Å². The molecular formula is C18H20N2O4. The zero-order chi connectivity index (χ0) is 17.4. The van der Waals surface area contributed by atoms with Crippen LogP contribution in [0.25, 0.3) is 0 Å². The molecule has 6 nitrogen and oxygen atoms in total. The van der Waals surface area contributed by atoms with Crippen molar-refractivity contribution >= 4 is 11.9 Å². The highest BCUT2D eigenvalue weighted by atomic mass is 16.5. The van der Waals surface area contributed by atoms with Crippen LogP contribution >= 0.6 is 0 Å². The van der Waals surface area contributed by atoms with Crippen LogP contribution in [0.5, 0.6) is 5.75 Å². The number of ether oxygens (including phenoxy) is 2. The molecule has 0 atom stereocenters. The van der Waals surface area contributed by atoms with E-state index in [1.54, 1.807) is 32.4 Å². The third-order valence-corrected chi connectivity index (χ3v) is 3.36. The molecule has 2 rings (SSSR count). The Labute approximate surface area is 140 Å². The zero-order valence-electron chi connectivity index (χ0n) is 13.7.